The molecule has 0 aliphatic carbocycles. The summed E-state index contributed by atoms with van der Waals surface area (Å²) in [5, 5.41) is 20.3. The van der Waals surface area contributed by atoms with Crippen molar-refractivity contribution in [2.24, 2.45) is 0 Å². The average Bonchev–Trinajstić information content (AvgIpc) is 2.69. The molecule has 0 aromatic heterocycles. The number of ether oxygens (including phenoxy) is 1. The number of benzene rings is 2. The molecule has 1 fully saturated rings. The summed E-state index contributed by atoms with van der Waals surface area (Å²) >= 11 is 0. The van der Waals surface area contributed by atoms with Gasteiger partial charge in [0, 0.05) is 38.8 Å². The van der Waals surface area contributed by atoms with Crippen LogP contribution in [-0.4, -0.2) is 49.2 Å². The highest BCUT2D eigenvalue weighted by molar-refractivity contribution is 5.65. The summed E-state index contributed by atoms with van der Waals surface area (Å²) in [5.41, 5.74) is 0.872. The SMILES string of the molecule is N#Cc1ccc(N2CCN(CCOc3ccccc3)CC2)c([N+](=O)[O-])c1. The number of anilines is 1. The van der Waals surface area contributed by atoms with Crippen LogP contribution in [0.25, 0.3) is 0 Å². The van der Waals surface area contributed by atoms with E-state index < -0.39 is 4.92 Å². The first-order valence-electron chi connectivity index (χ1n) is 8.51. The summed E-state index contributed by atoms with van der Waals surface area (Å²) in [6, 6.07) is 16.3. The third-order valence-electron chi connectivity index (χ3n) is 4.43. The van der Waals surface area contributed by atoms with Crippen molar-refractivity contribution in [3.05, 3.63) is 64.2 Å². The lowest BCUT2D eigenvalue weighted by Crippen LogP contribution is -2.47. The molecule has 7 heteroatoms. The van der Waals surface area contributed by atoms with E-state index in [1.54, 1.807) is 12.1 Å². The first-order valence-corrected chi connectivity index (χ1v) is 8.51. The van der Waals surface area contributed by atoms with Gasteiger partial charge in [0.1, 0.15) is 18.0 Å². The zero-order valence-corrected chi connectivity index (χ0v) is 14.4. The molecule has 0 atom stereocenters. The monoisotopic (exact) mass is 352 g/mol. The fourth-order valence-electron chi connectivity index (χ4n) is 3.03. The van der Waals surface area contributed by atoms with Crippen molar-refractivity contribution < 1.29 is 9.66 Å². The fraction of sp³-hybridized carbons (Fsp3) is 0.316. The molecule has 3 rings (SSSR count). The molecule has 26 heavy (non-hydrogen) atoms. The quantitative estimate of drug-likeness (QED) is 0.587. The fourth-order valence-corrected chi connectivity index (χ4v) is 3.03. The third kappa shape index (κ3) is 4.29. The van der Waals surface area contributed by atoms with E-state index in [4.69, 9.17) is 10.00 Å². The summed E-state index contributed by atoms with van der Waals surface area (Å²) in [7, 11) is 0. The van der Waals surface area contributed by atoms with Crippen molar-refractivity contribution in [2.45, 2.75) is 0 Å². The average molecular weight is 352 g/mol. The predicted molar refractivity (Wildman–Crippen MR) is 98.4 cm³/mol. The van der Waals surface area contributed by atoms with Crippen molar-refractivity contribution in [3.8, 4) is 11.8 Å². The molecular formula is C19H20N4O3. The second-order valence-corrected chi connectivity index (χ2v) is 6.06. The van der Waals surface area contributed by atoms with Crippen LogP contribution in [0.4, 0.5) is 11.4 Å². The van der Waals surface area contributed by atoms with Crippen LogP contribution in [0.2, 0.25) is 0 Å². The smallest absolute Gasteiger partial charge is 0.293 e. The Balaban J connectivity index is 1.54. The van der Waals surface area contributed by atoms with Crippen molar-refractivity contribution in [3.63, 3.8) is 0 Å². The van der Waals surface area contributed by atoms with Crippen LogP contribution >= 0.6 is 0 Å². The highest BCUT2D eigenvalue weighted by atomic mass is 16.6. The van der Waals surface area contributed by atoms with E-state index in [0.29, 0.717) is 30.9 Å². The van der Waals surface area contributed by atoms with Crippen molar-refractivity contribution >= 4 is 11.4 Å². The van der Waals surface area contributed by atoms with Crippen molar-refractivity contribution in [1.29, 1.82) is 5.26 Å². The molecule has 0 N–H and O–H groups in total. The topological polar surface area (TPSA) is 82.6 Å². The minimum Gasteiger partial charge on any atom is -0.492 e. The van der Waals surface area contributed by atoms with Crippen LogP contribution in [0.3, 0.4) is 0 Å². The molecule has 134 valence electrons. The Labute approximate surface area is 152 Å². The number of hydrogen-bond donors (Lipinski definition) is 0. The lowest BCUT2D eigenvalue weighted by atomic mass is 10.1. The summed E-state index contributed by atoms with van der Waals surface area (Å²) in [6.07, 6.45) is 0. The van der Waals surface area contributed by atoms with Crippen LogP contribution in [0, 0.1) is 21.4 Å². The number of hydrogen-bond acceptors (Lipinski definition) is 6. The summed E-state index contributed by atoms with van der Waals surface area (Å²) in [4.78, 5) is 15.2. The van der Waals surface area contributed by atoms with Gasteiger partial charge in [0.25, 0.3) is 5.69 Å². The second-order valence-electron chi connectivity index (χ2n) is 6.06. The van der Waals surface area contributed by atoms with Gasteiger partial charge in [0.2, 0.25) is 0 Å². The molecule has 0 spiro atoms. The molecule has 1 aliphatic rings. The molecule has 0 unspecified atom stereocenters. The maximum Gasteiger partial charge on any atom is 0.293 e. The number of piperazine rings is 1. The normalized spacial score (nSPS) is 14.7. The van der Waals surface area contributed by atoms with Gasteiger partial charge in [0.05, 0.1) is 16.6 Å². The largest absolute Gasteiger partial charge is 0.492 e. The summed E-state index contributed by atoms with van der Waals surface area (Å²) in [6.45, 7) is 4.47. The van der Waals surface area contributed by atoms with Gasteiger partial charge in [-0.05, 0) is 24.3 Å². The molecule has 1 heterocycles. The number of nitrogens with zero attached hydrogens (tertiary/aromatic N) is 4. The van der Waals surface area contributed by atoms with Gasteiger partial charge in [-0.1, -0.05) is 18.2 Å². The lowest BCUT2D eigenvalue weighted by Gasteiger charge is -2.35. The predicted octanol–water partition coefficient (Wildman–Crippen LogP) is 2.67. The molecule has 1 aliphatic heterocycles. The molecule has 0 amide bonds. The van der Waals surface area contributed by atoms with Crippen LogP contribution in [-0.2, 0) is 0 Å². The zero-order valence-electron chi connectivity index (χ0n) is 14.4. The Morgan fingerprint density at radius 3 is 2.50 bits per heavy atom. The third-order valence-corrected chi connectivity index (χ3v) is 4.43. The Hall–Kier alpha value is -3.11. The standard InChI is InChI=1S/C19H20N4O3/c20-15-16-6-7-18(19(14-16)23(24)25)22-10-8-21(9-11-22)12-13-26-17-4-2-1-3-5-17/h1-7,14H,8-13H2. The molecule has 1 saturated heterocycles. The number of nitro benzene ring substituents is 1. The molecular weight excluding hydrogens is 332 g/mol. The van der Waals surface area contributed by atoms with Gasteiger partial charge in [-0.25, -0.2) is 0 Å². The molecule has 0 radical (unpaired) electrons. The molecule has 0 saturated carbocycles. The lowest BCUT2D eigenvalue weighted by molar-refractivity contribution is -0.384. The van der Waals surface area contributed by atoms with Crippen LogP contribution < -0.4 is 9.64 Å². The van der Waals surface area contributed by atoms with E-state index >= 15 is 0 Å². The van der Waals surface area contributed by atoms with Gasteiger partial charge < -0.3 is 9.64 Å². The van der Waals surface area contributed by atoms with Gasteiger partial charge in [-0.15, -0.1) is 0 Å². The van der Waals surface area contributed by atoms with Gasteiger partial charge in [-0.2, -0.15) is 5.26 Å². The minimum absolute atomic E-state index is 0.00934. The summed E-state index contributed by atoms with van der Waals surface area (Å²) < 4.78 is 5.72. The first-order chi connectivity index (χ1) is 12.7. The molecule has 7 nitrogen and oxygen atoms in total. The van der Waals surface area contributed by atoms with E-state index in [1.165, 1.54) is 6.07 Å². The molecule has 2 aromatic rings. The number of nitro groups is 1. The molecule has 2 aromatic carbocycles. The highest BCUT2D eigenvalue weighted by Gasteiger charge is 2.24. The Morgan fingerprint density at radius 1 is 1.12 bits per heavy atom. The molecule has 0 bridgehead atoms. The second kappa shape index (κ2) is 8.32. The maximum absolute atomic E-state index is 11.3. The number of rotatable bonds is 6. The van der Waals surface area contributed by atoms with E-state index in [-0.39, 0.29) is 5.69 Å². The van der Waals surface area contributed by atoms with E-state index in [9.17, 15) is 10.1 Å². The number of para-hydroxylation sites is 1. The Morgan fingerprint density at radius 2 is 1.85 bits per heavy atom. The van der Waals surface area contributed by atoms with Crippen molar-refractivity contribution in [2.75, 3.05) is 44.2 Å². The summed E-state index contributed by atoms with van der Waals surface area (Å²) in [5.74, 6) is 0.861. The van der Waals surface area contributed by atoms with Crippen LogP contribution in [0.1, 0.15) is 5.56 Å². The van der Waals surface area contributed by atoms with E-state index in [0.717, 1.165) is 25.4 Å². The van der Waals surface area contributed by atoms with Gasteiger partial charge in [-0.3, -0.25) is 15.0 Å². The highest BCUT2D eigenvalue weighted by Crippen LogP contribution is 2.29. The zero-order chi connectivity index (χ0) is 18.4. The first kappa shape index (κ1) is 17.7. The Kier molecular flexibility index (Phi) is 5.66. The van der Waals surface area contributed by atoms with Gasteiger partial charge in [0.15, 0.2) is 0 Å². The Bertz CT molecular complexity index is 796. The van der Waals surface area contributed by atoms with E-state index in [2.05, 4.69) is 4.90 Å². The van der Waals surface area contributed by atoms with Gasteiger partial charge >= 0.3 is 0 Å². The number of nitriles is 1. The van der Waals surface area contributed by atoms with Crippen molar-refractivity contribution in [1.82, 2.24) is 4.90 Å². The van der Waals surface area contributed by atoms with Crippen LogP contribution in [0.5, 0.6) is 5.75 Å². The van der Waals surface area contributed by atoms with E-state index in [1.807, 2.05) is 41.3 Å². The minimum atomic E-state index is -0.420. The van der Waals surface area contributed by atoms with Crippen LogP contribution in [0.15, 0.2) is 48.5 Å². The maximum atomic E-state index is 11.3.